The summed E-state index contributed by atoms with van der Waals surface area (Å²) >= 11 is 0. The molecule has 13 heteroatoms. The number of halogens is 3. The van der Waals surface area contributed by atoms with E-state index in [0.29, 0.717) is 41.9 Å². The van der Waals surface area contributed by atoms with Crippen LogP contribution in [0.1, 0.15) is 16.9 Å². The first-order chi connectivity index (χ1) is 15.7. The third kappa shape index (κ3) is 3.97. The number of amides is 3. The number of aromatic nitrogens is 3. The van der Waals surface area contributed by atoms with Crippen LogP contribution in [-0.2, 0) is 0 Å². The number of anilines is 3. The molecule has 0 spiro atoms. The number of benzene rings is 1. The summed E-state index contributed by atoms with van der Waals surface area (Å²) in [5, 5.41) is 4.57. The Morgan fingerprint density at radius 1 is 1.15 bits per heavy atom. The van der Waals surface area contributed by atoms with Crippen molar-refractivity contribution in [1.82, 2.24) is 20.3 Å². The maximum Gasteiger partial charge on any atom is 0.405 e. The Balaban J connectivity index is 1.43. The number of alkyl halides is 3. The SMILES string of the molecule is O=C(NCC(F)(F)F)c1ccc2c(n1)N(C(=O)Nc1ccc3[nH]c(=O)[nH]c3c1)[C@H]1CCN2C1. The normalized spacial score (nSPS) is 17.2. The van der Waals surface area contributed by atoms with Gasteiger partial charge in [-0.1, -0.05) is 0 Å². The number of rotatable bonds is 3. The summed E-state index contributed by atoms with van der Waals surface area (Å²) < 4.78 is 37.4. The van der Waals surface area contributed by atoms with E-state index in [4.69, 9.17) is 0 Å². The van der Waals surface area contributed by atoms with Gasteiger partial charge < -0.3 is 25.5 Å². The second-order valence-electron chi connectivity index (χ2n) is 7.87. The summed E-state index contributed by atoms with van der Waals surface area (Å²) in [6.07, 6.45) is -3.88. The van der Waals surface area contributed by atoms with Crippen molar-refractivity contribution < 1.29 is 22.8 Å². The van der Waals surface area contributed by atoms with E-state index in [1.807, 2.05) is 4.90 Å². The minimum Gasteiger partial charge on any atom is -0.366 e. The lowest BCUT2D eigenvalue weighted by molar-refractivity contribution is -0.123. The van der Waals surface area contributed by atoms with Crippen molar-refractivity contribution in [3.05, 3.63) is 46.5 Å². The van der Waals surface area contributed by atoms with Gasteiger partial charge in [0.25, 0.3) is 5.91 Å². The van der Waals surface area contributed by atoms with Crippen LogP contribution in [0.2, 0.25) is 0 Å². The molecule has 1 atom stereocenters. The maximum absolute atomic E-state index is 13.2. The van der Waals surface area contributed by atoms with Gasteiger partial charge in [0, 0.05) is 18.8 Å². The van der Waals surface area contributed by atoms with E-state index in [2.05, 4.69) is 20.3 Å². The number of hydrogen-bond donors (Lipinski definition) is 4. The number of hydrogen-bond acceptors (Lipinski definition) is 5. The lowest BCUT2D eigenvalue weighted by Crippen LogP contribution is -2.48. The van der Waals surface area contributed by atoms with Crippen LogP contribution in [0.3, 0.4) is 0 Å². The molecule has 2 aliphatic heterocycles. The lowest BCUT2D eigenvalue weighted by atomic mass is 10.1. The van der Waals surface area contributed by atoms with E-state index in [9.17, 15) is 27.6 Å². The molecule has 0 aliphatic carbocycles. The average molecular weight is 461 g/mol. The van der Waals surface area contributed by atoms with Crippen molar-refractivity contribution in [1.29, 1.82) is 0 Å². The molecule has 5 rings (SSSR count). The van der Waals surface area contributed by atoms with E-state index in [1.54, 1.807) is 29.6 Å². The molecule has 0 radical (unpaired) electrons. The van der Waals surface area contributed by atoms with Crippen LogP contribution in [0.4, 0.5) is 35.2 Å². The minimum atomic E-state index is -4.55. The molecule has 33 heavy (non-hydrogen) atoms. The predicted octanol–water partition coefficient (Wildman–Crippen LogP) is 2.17. The Bertz CT molecular complexity index is 1320. The summed E-state index contributed by atoms with van der Waals surface area (Å²) in [5.74, 6) is -0.776. The van der Waals surface area contributed by atoms with Gasteiger partial charge >= 0.3 is 17.9 Å². The van der Waals surface area contributed by atoms with Crippen LogP contribution in [0.15, 0.2) is 35.1 Å². The van der Waals surface area contributed by atoms with E-state index in [0.717, 1.165) is 0 Å². The predicted molar refractivity (Wildman–Crippen MR) is 114 cm³/mol. The Labute approximate surface area is 183 Å². The summed E-state index contributed by atoms with van der Waals surface area (Å²) in [7, 11) is 0. The van der Waals surface area contributed by atoms with Crippen LogP contribution >= 0.6 is 0 Å². The van der Waals surface area contributed by atoms with Crippen molar-refractivity contribution >= 4 is 40.2 Å². The Kier molecular flexibility index (Phi) is 4.76. The highest BCUT2D eigenvalue weighted by molar-refractivity contribution is 6.06. The Morgan fingerprint density at radius 3 is 2.73 bits per heavy atom. The van der Waals surface area contributed by atoms with Crippen LogP contribution in [0.25, 0.3) is 11.0 Å². The third-order valence-electron chi connectivity index (χ3n) is 5.62. The van der Waals surface area contributed by atoms with Crippen molar-refractivity contribution in [2.75, 3.05) is 34.8 Å². The van der Waals surface area contributed by atoms with Gasteiger partial charge in [-0.25, -0.2) is 14.6 Å². The van der Waals surface area contributed by atoms with Crippen LogP contribution in [-0.4, -0.2) is 58.7 Å². The molecule has 0 saturated carbocycles. The van der Waals surface area contributed by atoms with Gasteiger partial charge in [0.05, 0.1) is 22.8 Å². The molecule has 1 saturated heterocycles. The smallest absolute Gasteiger partial charge is 0.366 e. The first-order valence-electron chi connectivity index (χ1n) is 10.1. The monoisotopic (exact) mass is 461 g/mol. The summed E-state index contributed by atoms with van der Waals surface area (Å²) in [5.41, 5.74) is 1.57. The topological polar surface area (TPSA) is 126 Å². The highest BCUT2D eigenvalue weighted by Crippen LogP contribution is 2.39. The lowest BCUT2D eigenvalue weighted by Gasteiger charge is -2.35. The molecule has 2 aliphatic rings. The fourth-order valence-corrected chi connectivity index (χ4v) is 4.16. The van der Waals surface area contributed by atoms with Crippen LogP contribution < -0.4 is 26.1 Å². The zero-order chi connectivity index (χ0) is 23.3. The molecule has 172 valence electrons. The van der Waals surface area contributed by atoms with Gasteiger partial charge in [-0.2, -0.15) is 13.2 Å². The number of imidazole rings is 1. The van der Waals surface area contributed by atoms with E-state index in [1.165, 1.54) is 11.0 Å². The van der Waals surface area contributed by atoms with Crippen molar-refractivity contribution in [2.45, 2.75) is 18.6 Å². The summed E-state index contributed by atoms with van der Waals surface area (Å²) in [6, 6.07) is 7.09. The highest BCUT2D eigenvalue weighted by Gasteiger charge is 2.40. The van der Waals surface area contributed by atoms with Crippen molar-refractivity contribution in [2.24, 2.45) is 0 Å². The molecule has 3 aromatic rings. The van der Waals surface area contributed by atoms with Gasteiger partial charge in [0.1, 0.15) is 12.2 Å². The first kappa shape index (κ1) is 20.8. The van der Waals surface area contributed by atoms with E-state index in [-0.39, 0.29) is 23.2 Å². The highest BCUT2D eigenvalue weighted by atomic mass is 19.4. The number of nitrogens with zero attached hydrogens (tertiary/aromatic N) is 3. The van der Waals surface area contributed by atoms with Gasteiger partial charge in [0.2, 0.25) is 0 Å². The summed E-state index contributed by atoms with van der Waals surface area (Å²) in [4.78, 5) is 49.8. The molecule has 1 aromatic carbocycles. The fourth-order valence-electron chi connectivity index (χ4n) is 4.16. The van der Waals surface area contributed by atoms with E-state index >= 15 is 0 Å². The number of pyridine rings is 1. The minimum absolute atomic E-state index is 0.206. The summed E-state index contributed by atoms with van der Waals surface area (Å²) in [6.45, 7) is -0.224. The molecule has 4 heterocycles. The number of carbonyl (C=O) groups excluding carboxylic acids is 2. The van der Waals surface area contributed by atoms with Gasteiger partial charge in [-0.15, -0.1) is 0 Å². The molecule has 2 aromatic heterocycles. The Morgan fingerprint density at radius 2 is 1.94 bits per heavy atom. The van der Waals surface area contributed by atoms with Crippen LogP contribution in [0.5, 0.6) is 0 Å². The van der Waals surface area contributed by atoms with Crippen molar-refractivity contribution in [3.63, 3.8) is 0 Å². The van der Waals surface area contributed by atoms with Gasteiger partial charge in [-0.3, -0.25) is 9.69 Å². The molecule has 1 fully saturated rings. The second-order valence-corrected chi connectivity index (χ2v) is 7.87. The number of fused-ring (bicyclic) bond motifs is 5. The molecule has 4 N–H and O–H groups in total. The largest absolute Gasteiger partial charge is 0.405 e. The number of carbonyl (C=O) groups is 2. The molecular formula is C20H18F3N7O3. The maximum atomic E-state index is 13.2. The van der Waals surface area contributed by atoms with Gasteiger partial charge in [-0.05, 0) is 36.8 Å². The standard InChI is InChI=1S/C20H18F3N7O3/c21-20(22,23)9-24-17(31)13-3-4-15-16(26-13)30(11-5-6-29(15)8-11)19(33)25-10-1-2-12-14(7-10)28-18(32)27-12/h1-4,7,11H,5-6,8-9H2,(H,24,31)(H,25,33)(H2,27,28,32)/t11-/m0/s1. The second kappa shape index (κ2) is 7.53. The molecule has 10 nitrogen and oxygen atoms in total. The molecule has 0 unspecified atom stereocenters. The zero-order valence-corrected chi connectivity index (χ0v) is 17.0. The Hall–Kier alpha value is -4.03. The third-order valence-corrected chi connectivity index (χ3v) is 5.62. The van der Waals surface area contributed by atoms with Crippen molar-refractivity contribution in [3.8, 4) is 0 Å². The number of aromatic amines is 2. The molecule has 2 bridgehead atoms. The fraction of sp³-hybridized carbons (Fsp3) is 0.300. The quantitative estimate of drug-likeness (QED) is 0.476. The average Bonchev–Trinajstić information content (AvgIpc) is 3.34. The number of urea groups is 1. The number of nitrogens with one attached hydrogen (secondary N) is 4. The van der Waals surface area contributed by atoms with Gasteiger partial charge in [0.15, 0.2) is 5.82 Å². The first-order valence-corrected chi connectivity index (χ1v) is 10.1. The molecular weight excluding hydrogens is 443 g/mol. The van der Waals surface area contributed by atoms with Crippen LogP contribution in [0, 0.1) is 0 Å². The zero-order valence-electron chi connectivity index (χ0n) is 17.0. The van der Waals surface area contributed by atoms with E-state index < -0.39 is 24.7 Å². The number of H-pyrrole nitrogens is 2. The molecule has 3 amide bonds.